The van der Waals surface area contributed by atoms with E-state index in [1.54, 1.807) is 6.92 Å². The number of halogens is 1. The van der Waals surface area contributed by atoms with E-state index < -0.39 is 0 Å². The van der Waals surface area contributed by atoms with Crippen molar-refractivity contribution >= 4 is 28.0 Å². The minimum absolute atomic E-state index is 0.146. The maximum Gasteiger partial charge on any atom is 0.291 e. The number of H-pyrrole nitrogens is 1. The number of hydrogen-bond acceptors (Lipinski definition) is 2. The monoisotopic (exact) mass is 323 g/mol. The van der Waals surface area contributed by atoms with Crippen molar-refractivity contribution in [2.24, 2.45) is 0 Å². The zero-order valence-electron chi connectivity index (χ0n) is 12.7. The molecule has 23 heavy (non-hydrogen) atoms. The Bertz CT molecular complexity index is 1120. The summed E-state index contributed by atoms with van der Waals surface area (Å²) in [4.78, 5) is 16.9. The summed E-state index contributed by atoms with van der Waals surface area (Å²) < 4.78 is 1.42. The van der Waals surface area contributed by atoms with Crippen molar-refractivity contribution in [3.05, 3.63) is 69.2 Å². The first-order valence-corrected chi connectivity index (χ1v) is 7.71. The Morgan fingerprint density at radius 3 is 2.65 bits per heavy atom. The molecule has 2 heterocycles. The summed E-state index contributed by atoms with van der Waals surface area (Å²) in [5.41, 5.74) is 3.73. The minimum Gasteiger partial charge on any atom is -0.293 e. The van der Waals surface area contributed by atoms with Crippen LogP contribution in [0.15, 0.2) is 47.3 Å². The van der Waals surface area contributed by atoms with Gasteiger partial charge in [-0.3, -0.25) is 9.89 Å². The van der Waals surface area contributed by atoms with Gasteiger partial charge < -0.3 is 0 Å². The summed E-state index contributed by atoms with van der Waals surface area (Å²) in [5, 5.41) is 5.51. The molecule has 0 saturated heterocycles. The molecule has 4 nitrogen and oxygen atoms in total. The summed E-state index contributed by atoms with van der Waals surface area (Å²) >= 11 is 6.04. The van der Waals surface area contributed by atoms with E-state index in [1.165, 1.54) is 4.52 Å². The van der Waals surface area contributed by atoms with Crippen LogP contribution in [0.4, 0.5) is 0 Å². The maximum atomic E-state index is 12.4. The molecule has 0 atom stereocenters. The van der Waals surface area contributed by atoms with Gasteiger partial charge in [0.25, 0.3) is 5.56 Å². The predicted octanol–water partition coefficient (Wildman–Crippen LogP) is 4.11. The van der Waals surface area contributed by atoms with Gasteiger partial charge in [-0.25, -0.2) is 4.98 Å². The summed E-state index contributed by atoms with van der Waals surface area (Å²) in [5.74, 6) is 0. The summed E-state index contributed by atoms with van der Waals surface area (Å²) in [6, 6.07) is 14.3. The summed E-state index contributed by atoms with van der Waals surface area (Å²) in [7, 11) is 0. The highest BCUT2D eigenvalue weighted by Crippen LogP contribution is 2.33. The van der Waals surface area contributed by atoms with Crippen LogP contribution in [0, 0.1) is 13.8 Å². The van der Waals surface area contributed by atoms with E-state index >= 15 is 0 Å². The van der Waals surface area contributed by atoms with Crippen LogP contribution in [0.1, 0.15) is 11.4 Å². The topological polar surface area (TPSA) is 50.2 Å². The molecular formula is C18H14ClN3O. The van der Waals surface area contributed by atoms with Crippen LogP contribution in [0.3, 0.4) is 0 Å². The Morgan fingerprint density at radius 1 is 1.09 bits per heavy atom. The lowest BCUT2D eigenvalue weighted by Crippen LogP contribution is -2.17. The molecule has 5 heteroatoms. The minimum atomic E-state index is -0.274. The third-order valence-electron chi connectivity index (χ3n) is 4.13. The van der Waals surface area contributed by atoms with E-state index in [1.807, 2.05) is 25.1 Å². The number of aromatic amines is 1. The second-order valence-corrected chi connectivity index (χ2v) is 5.99. The van der Waals surface area contributed by atoms with Gasteiger partial charge in [-0.2, -0.15) is 4.52 Å². The molecule has 0 fully saturated rings. The fourth-order valence-corrected chi connectivity index (χ4v) is 3.16. The molecule has 1 N–H and O–H groups in total. The molecule has 0 aliphatic carbocycles. The normalized spacial score (nSPS) is 11.4. The fourth-order valence-electron chi connectivity index (χ4n) is 3.04. The zero-order valence-corrected chi connectivity index (χ0v) is 13.5. The Labute approximate surface area is 137 Å². The standard InChI is InChI=1S/C18H14ClN3O/c1-10-15(14-9-5-7-12-6-3-4-8-13(12)14)17-20-11(2)16(19)18(23)22(17)21-10/h3-9,21H,1-2H3. The van der Waals surface area contributed by atoms with Crippen LogP contribution in [0.25, 0.3) is 27.5 Å². The van der Waals surface area contributed by atoms with Crippen LogP contribution < -0.4 is 5.56 Å². The number of rotatable bonds is 1. The van der Waals surface area contributed by atoms with E-state index in [0.717, 1.165) is 27.6 Å². The Morgan fingerprint density at radius 2 is 1.83 bits per heavy atom. The van der Waals surface area contributed by atoms with Crippen LogP contribution in [0.5, 0.6) is 0 Å². The number of hydrogen-bond donors (Lipinski definition) is 1. The molecule has 114 valence electrons. The van der Waals surface area contributed by atoms with E-state index in [2.05, 4.69) is 34.3 Å². The zero-order chi connectivity index (χ0) is 16.1. The number of nitrogens with one attached hydrogen (secondary N) is 1. The summed E-state index contributed by atoms with van der Waals surface area (Å²) in [6.07, 6.45) is 0. The highest BCUT2D eigenvalue weighted by atomic mass is 35.5. The third kappa shape index (κ3) is 1.99. The van der Waals surface area contributed by atoms with E-state index in [-0.39, 0.29) is 10.6 Å². The first-order chi connectivity index (χ1) is 11.1. The van der Waals surface area contributed by atoms with Gasteiger partial charge >= 0.3 is 0 Å². The van der Waals surface area contributed by atoms with Gasteiger partial charge in [0.1, 0.15) is 5.02 Å². The van der Waals surface area contributed by atoms with Crippen molar-refractivity contribution in [3.8, 4) is 11.1 Å². The van der Waals surface area contributed by atoms with E-state index in [9.17, 15) is 4.79 Å². The molecule has 0 amide bonds. The molecule has 0 aliphatic heterocycles. The third-order valence-corrected chi connectivity index (χ3v) is 4.57. The number of benzene rings is 2. The van der Waals surface area contributed by atoms with Crippen LogP contribution >= 0.6 is 11.6 Å². The fraction of sp³-hybridized carbons (Fsp3) is 0.111. The lowest BCUT2D eigenvalue weighted by Gasteiger charge is -2.06. The molecule has 4 aromatic rings. The Kier molecular flexibility index (Phi) is 3.03. The molecule has 0 unspecified atom stereocenters. The largest absolute Gasteiger partial charge is 0.293 e. The van der Waals surface area contributed by atoms with Crippen LogP contribution in [0.2, 0.25) is 5.02 Å². The Balaban J connectivity index is 2.17. The van der Waals surface area contributed by atoms with Crippen molar-refractivity contribution in [2.45, 2.75) is 13.8 Å². The highest BCUT2D eigenvalue weighted by Gasteiger charge is 2.17. The summed E-state index contributed by atoms with van der Waals surface area (Å²) in [6.45, 7) is 3.69. The molecule has 0 bridgehead atoms. The van der Waals surface area contributed by atoms with Gasteiger partial charge in [0.15, 0.2) is 5.65 Å². The van der Waals surface area contributed by atoms with Gasteiger partial charge in [-0.15, -0.1) is 0 Å². The Hall–Kier alpha value is -2.59. The maximum absolute atomic E-state index is 12.4. The van der Waals surface area contributed by atoms with Gasteiger partial charge in [0, 0.05) is 11.3 Å². The van der Waals surface area contributed by atoms with Gasteiger partial charge in [-0.05, 0) is 30.2 Å². The van der Waals surface area contributed by atoms with E-state index in [0.29, 0.717) is 11.3 Å². The van der Waals surface area contributed by atoms with E-state index in [4.69, 9.17) is 11.6 Å². The second kappa shape index (κ2) is 4.96. The highest BCUT2D eigenvalue weighted by molar-refractivity contribution is 6.31. The molecule has 4 rings (SSSR count). The van der Waals surface area contributed by atoms with Gasteiger partial charge in [-0.1, -0.05) is 54.1 Å². The van der Waals surface area contributed by atoms with Gasteiger partial charge in [0.2, 0.25) is 0 Å². The number of aryl methyl sites for hydroxylation is 2. The quantitative estimate of drug-likeness (QED) is 0.573. The SMILES string of the molecule is Cc1nc2c(-c3cccc4ccccc34)c(C)[nH]n2c(=O)c1Cl. The van der Waals surface area contributed by atoms with Crippen molar-refractivity contribution in [1.82, 2.24) is 14.6 Å². The first-order valence-electron chi connectivity index (χ1n) is 7.33. The first kappa shape index (κ1) is 14.0. The smallest absolute Gasteiger partial charge is 0.291 e. The predicted molar refractivity (Wildman–Crippen MR) is 93.2 cm³/mol. The lowest BCUT2D eigenvalue weighted by molar-refractivity contribution is 0.873. The second-order valence-electron chi connectivity index (χ2n) is 5.61. The van der Waals surface area contributed by atoms with Crippen LogP contribution in [-0.4, -0.2) is 14.6 Å². The molecule has 0 aliphatic rings. The van der Waals surface area contributed by atoms with Gasteiger partial charge in [0.05, 0.1) is 5.69 Å². The number of nitrogens with zero attached hydrogens (tertiary/aromatic N) is 2. The molecule has 0 spiro atoms. The molecule has 2 aromatic carbocycles. The average molecular weight is 324 g/mol. The number of aromatic nitrogens is 3. The molecule has 0 radical (unpaired) electrons. The molecular weight excluding hydrogens is 310 g/mol. The van der Waals surface area contributed by atoms with Crippen molar-refractivity contribution in [1.29, 1.82) is 0 Å². The number of fused-ring (bicyclic) bond motifs is 2. The molecule has 0 saturated carbocycles. The lowest BCUT2D eigenvalue weighted by atomic mass is 9.98. The van der Waals surface area contributed by atoms with Crippen LogP contribution in [-0.2, 0) is 0 Å². The van der Waals surface area contributed by atoms with Crippen molar-refractivity contribution in [2.75, 3.05) is 0 Å². The molecule has 2 aromatic heterocycles. The average Bonchev–Trinajstić information content (AvgIpc) is 2.88. The van der Waals surface area contributed by atoms with Crippen molar-refractivity contribution < 1.29 is 0 Å². The van der Waals surface area contributed by atoms with Crippen molar-refractivity contribution in [3.63, 3.8) is 0 Å².